The lowest BCUT2D eigenvalue weighted by Crippen LogP contribution is -2.30. The van der Waals surface area contributed by atoms with E-state index in [4.69, 9.17) is 14.2 Å². The van der Waals surface area contributed by atoms with E-state index in [9.17, 15) is 14.4 Å². The van der Waals surface area contributed by atoms with Gasteiger partial charge in [-0.3, -0.25) is 14.4 Å². The number of allylic oxidation sites excluding steroid dienone is 10. The van der Waals surface area contributed by atoms with Crippen molar-refractivity contribution in [3.05, 3.63) is 60.8 Å². The predicted octanol–water partition coefficient (Wildman–Crippen LogP) is 20.0. The number of carbonyl (C=O) groups excluding carboxylic acids is 3. The monoisotopic (exact) mass is 965 g/mol. The minimum Gasteiger partial charge on any atom is -0.462 e. The normalized spacial score (nSPS) is 12.4. The zero-order valence-electron chi connectivity index (χ0n) is 45.8. The van der Waals surface area contributed by atoms with Crippen LogP contribution in [0.4, 0.5) is 0 Å². The lowest BCUT2D eigenvalue weighted by Gasteiger charge is -2.18. The van der Waals surface area contributed by atoms with Gasteiger partial charge < -0.3 is 14.2 Å². The van der Waals surface area contributed by atoms with E-state index in [2.05, 4.69) is 63.3 Å². The van der Waals surface area contributed by atoms with Gasteiger partial charge in [0.2, 0.25) is 0 Å². The number of carbonyl (C=O) groups is 3. The highest BCUT2D eigenvalue weighted by atomic mass is 16.6. The van der Waals surface area contributed by atoms with Gasteiger partial charge in [0.05, 0.1) is 0 Å². The Bertz CT molecular complexity index is 1250. The molecule has 1 unspecified atom stereocenters. The molecule has 6 nitrogen and oxygen atoms in total. The van der Waals surface area contributed by atoms with Crippen LogP contribution >= 0.6 is 0 Å². The van der Waals surface area contributed by atoms with Crippen LogP contribution in [0, 0.1) is 0 Å². The molecule has 69 heavy (non-hydrogen) atoms. The molecule has 1 atom stereocenters. The van der Waals surface area contributed by atoms with Gasteiger partial charge in [0.25, 0.3) is 0 Å². The summed E-state index contributed by atoms with van der Waals surface area (Å²) in [6.45, 7) is 6.52. The van der Waals surface area contributed by atoms with Gasteiger partial charge in [-0.25, -0.2) is 0 Å². The Morgan fingerprint density at radius 2 is 0.580 bits per heavy atom. The average molecular weight is 966 g/mol. The summed E-state index contributed by atoms with van der Waals surface area (Å²) in [5, 5.41) is 0. The highest BCUT2D eigenvalue weighted by molar-refractivity contribution is 5.71. The molecule has 0 rings (SSSR count). The van der Waals surface area contributed by atoms with Crippen molar-refractivity contribution in [2.24, 2.45) is 0 Å². The summed E-state index contributed by atoms with van der Waals surface area (Å²) in [5.41, 5.74) is 0. The largest absolute Gasteiger partial charge is 0.462 e. The molecular weight excluding hydrogens is 853 g/mol. The van der Waals surface area contributed by atoms with Crippen molar-refractivity contribution in [2.45, 2.75) is 309 Å². The van der Waals surface area contributed by atoms with E-state index < -0.39 is 6.10 Å². The molecule has 0 bridgehead atoms. The second kappa shape index (κ2) is 57.7. The first kappa shape index (κ1) is 66.1. The molecule has 0 radical (unpaired) electrons. The van der Waals surface area contributed by atoms with Gasteiger partial charge in [0.1, 0.15) is 13.2 Å². The second-order valence-corrected chi connectivity index (χ2v) is 20.0. The van der Waals surface area contributed by atoms with E-state index >= 15 is 0 Å². The third-order valence-corrected chi connectivity index (χ3v) is 13.1. The lowest BCUT2D eigenvalue weighted by molar-refractivity contribution is -0.167. The van der Waals surface area contributed by atoms with Crippen molar-refractivity contribution in [3.8, 4) is 0 Å². The molecule has 0 amide bonds. The van der Waals surface area contributed by atoms with Crippen LogP contribution < -0.4 is 0 Å². The van der Waals surface area contributed by atoms with Crippen LogP contribution in [0.5, 0.6) is 0 Å². The van der Waals surface area contributed by atoms with Gasteiger partial charge in [0, 0.05) is 19.3 Å². The van der Waals surface area contributed by atoms with Crippen molar-refractivity contribution < 1.29 is 28.6 Å². The fourth-order valence-electron chi connectivity index (χ4n) is 8.63. The predicted molar refractivity (Wildman–Crippen MR) is 298 cm³/mol. The van der Waals surface area contributed by atoms with Gasteiger partial charge in [-0.2, -0.15) is 0 Å². The quantitative estimate of drug-likeness (QED) is 0.0199. The SMILES string of the molecule is CC\C=C/C=C\C=C/C=C\CCCCCCCC(=O)OCC(COC(=O)CCCCCCCCC/C=C\CCCCCCCCCC)OC(=O)CCCCCCCCCCCCCCCCCCC. The van der Waals surface area contributed by atoms with E-state index in [-0.39, 0.29) is 31.1 Å². The third-order valence-electron chi connectivity index (χ3n) is 13.1. The van der Waals surface area contributed by atoms with Crippen LogP contribution in [0.1, 0.15) is 303 Å². The number of unbranched alkanes of at least 4 members (excludes halogenated alkanes) is 36. The molecule has 0 saturated carbocycles. The molecule has 0 aliphatic heterocycles. The van der Waals surface area contributed by atoms with Gasteiger partial charge in [-0.05, 0) is 64.2 Å². The van der Waals surface area contributed by atoms with Crippen molar-refractivity contribution >= 4 is 17.9 Å². The summed E-state index contributed by atoms with van der Waals surface area (Å²) in [6.07, 6.45) is 72.1. The molecule has 0 N–H and O–H groups in total. The van der Waals surface area contributed by atoms with Crippen molar-refractivity contribution in [2.75, 3.05) is 13.2 Å². The van der Waals surface area contributed by atoms with Crippen LogP contribution in [-0.2, 0) is 28.6 Å². The Morgan fingerprint density at radius 1 is 0.304 bits per heavy atom. The molecule has 6 heteroatoms. The number of ether oxygens (including phenoxy) is 3. The molecule has 0 aromatic heterocycles. The lowest BCUT2D eigenvalue weighted by atomic mass is 10.0. The maximum Gasteiger partial charge on any atom is 0.306 e. The molecule has 0 saturated heterocycles. The highest BCUT2D eigenvalue weighted by Crippen LogP contribution is 2.17. The summed E-state index contributed by atoms with van der Waals surface area (Å²) >= 11 is 0. The topological polar surface area (TPSA) is 78.9 Å². The number of esters is 3. The summed E-state index contributed by atoms with van der Waals surface area (Å²) in [6, 6.07) is 0. The first-order valence-corrected chi connectivity index (χ1v) is 29.8. The molecule has 0 aliphatic carbocycles. The van der Waals surface area contributed by atoms with Gasteiger partial charge in [0.15, 0.2) is 6.10 Å². The molecule has 0 heterocycles. The van der Waals surface area contributed by atoms with Gasteiger partial charge in [-0.15, -0.1) is 0 Å². The summed E-state index contributed by atoms with van der Waals surface area (Å²) < 4.78 is 16.9. The first-order valence-electron chi connectivity index (χ1n) is 29.8. The number of rotatable bonds is 54. The highest BCUT2D eigenvalue weighted by Gasteiger charge is 2.19. The van der Waals surface area contributed by atoms with Crippen molar-refractivity contribution in [3.63, 3.8) is 0 Å². The summed E-state index contributed by atoms with van der Waals surface area (Å²) in [5.74, 6) is -0.894. The van der Waals surface area contributed by atoms with Crippen LogP contribution in [0.25, 0.3) is 0 Å². The maximum atomic E-state index is 12.9. The van der Waals surface area contributed by atoms with Crippen LogP contribution in [0.2, 0.25) is 0 Å². The molecule has 0 fully saturated rings. The van der Waals surface area contributed by atoms with E-state index in [0.29, 0.717) is 19.3 Å². The molecule has 0 aromatic carbocycles. The van der Waals surface area contributed by atoms with Gasteiger partial charge in [-0.1, -0.05) is 281 Å². The van der Waals surface area contributed by atoms with Gasteiger partial charge >= 0.3 is 17.9 Å². The number of hydrogen-bond acceptors (Lipinski definition) is 6. The third kappa shape index (κ3) is 55.9. The van der Waals surface area contributed by atoms with E-state index in [1.165, 1.54) is 180 Å². The zero-order valence-corrected chi connectivity index (χ0v) is 45.8. The summed E-state index contributed by atoms with van der Waals surface area (Å²) in [7, 11) is 0. The van der Waals surface area contributed by atoms with Crippen LogP contribution in [0.15, 0.2) is 60.8 Å². The Labute approximate surface area is 428 Å². The number of hydrogen-bond donors (Lipinski definition) is 0. The minimum atomic E-state index is -0.784. The fraction of sp³-hybridized carbons (Fsp3) is 0.794. The van der Waals surface area contributed by atoms with Crippen molar-refractivity contribution in [1.82, 2.24) is 0 Å². The zero-order chi connectivity index (χ0) is 50.0. The molecule has 400 valence electrons. The molecule has 0 spiro atoms. The summed E-state index contributed by atoms with van der Waals surface area (Å²) in [4.78, 5) is 38.2. The Kier molecular flexibility index (Phi) is 55.3. The second-order valence-electron chi connectivity index (χ2n) is 20.0. The average Bonchev–Trinajstić information content (AvgIpc) is 3.35. The Morgan fingerprint density at radius 3 is 0.928 bits per heavy atom. The van der Waals surface area contributed by atoms with Crippen LogP contribution in [0.3, 0.4) is 0 Å². The van der Waals surface area contributed by atoms with E-state index in [0.717, 1.165) is 83.5 Å². The smallest absolute Gasteiger partial charge is 0.306 e. The first-order chi connectivity index (χ1) is 34.0. The van der Waals surface area contributed by atoms with Crippen molar-refractivity contribution in [1.29, 1.82) is 0 Å². The Balaban J connectivity index is 4.37. The van der Waals surface area contributed by atoms with E-state index in [1.807, 2.05) is 18.2 Å². The molecule has 0 aromatic rings. The fourth-order valence-corrected chi connectivity index (χ4v) is 8.63. The molecular formula is C63H112O6. The standard InChI is InChI=1S/C63H112O6/c1-4-7-10-13-16-19-22-25-28-30-31-33-35-38-41-44-47-50-53-56-62(65)68-59-60(58-67-61(64)55-52-49-46-43-40-37-34-27-24-21-18-15-12-9-6-3)69-63(66)57-54-51-48-45-42-39-36-32-29-26-23-20-17-14-11-8-5-2/h9,12,15,18,21,24,27,30-31,34,60H,4-8,10-11,13-14,16-17,19-20,22-23,25-26,28-29,32-33,35-59H2,1-3H3/b12-9-,18-15-,24-21-,31-30-,34-27-. The minimum absolute atomic E-state index is 0.0816. The van der Waals surface area contributed by atoms with E-state index in [1.54, 1.807) is 0 Å². The maximum absolute atomic E-state index is 12.9. The molecule has 0 aliphatic rings. The van der Waals surface area contributed by atoms with Crippen LogP contribution in [-0.4, -0.2) is 37.2 Å². The Hall–Kier alpha value is -2.89.